The largest absolute Gasteiger partial charge is 0.391 e. The van der Waals surface area contributed by atoms with Crippen LogP contribution in [-0.2, 0) is 0 Å². The van der Waals surface area contributed by atoms with Gasteiger partial charge in [-0.3, -0.25) is 0 Å². The van der Waals surface area contributed by atoms with Crippen molar-refractivity contribution in [2.45, 2.75) is 18.6 Å². The van der Waals surface area contributed by atoms with Gasteiger partial charge in [-0.2, -0.15) is 0 Å². The van der Waals surface area contributed by atoms with Crippen LogP contribution < -0.4 is 4.90 Å². The van der Waals surface area contributed by atoms with Crippen LogP contribution in [0.1, 0.15) is 18.0 Å². The maximum Gasteiger partial charge on any atom is 0.225 e. The van der Waals surface area contributed by atoms with Crippen molar-refractivity contribution in [1.29, 1.82) is 0 Å². The lowest BCUT2D eigenvalue weighted by Gasteiger charge is -2.24. The van der Waals surface area contributed by atoms with Gasteiger partial charge in [0.25, 0.3) is 0 Å². The van der Waals surface area contributed by atoms with Gasteiger partial charge in [0, 0.05) is 24.5 Å². The number of rotatable bonds is 2. The summed E-state index contributed by atoms with van der Waals surface area (Å²) in [5.74, 6) is -0.596. The van der Waals surface area contributed by atoms with E-state index in [9.17, 15) is 13.9 Å². The fourth-order valence-corrected chi connectivity index (χ4v) is 2.54. The molecular formula is C14H13F2N3O. The molecule has 1 aromatic heterocycles. The lowest BCUT2D eigenvalue weighted by Crippen LogP contribution is -2.26. The number of nitrogens with zero attached hydrogens (tertiary/aromatic N) is 3. The monoisotopic (exact) mass is 277 g/mol. The van der Waals surface area contributed by atoms with Gasteiger partial charge >= 0.3 is 0 Å². The zero-order chi connectivity index (χ0) is 14.1. The van der Waals surface area contributed by atoms with Gasteiger partial charge in [-0.1, -0.05) is 0 Å². The van der Waals surface area contributed by atoms with Crippen LogP contribution in [0.5, 0.6) is 0 Å². The molecule has 0 bridgehead atoms. The van der Waals surface area contributed by atoms with Gasteiger partial charge in [-0.25, -0.2) is 18.7 Å². The van der Waals surface area contributed by atoms with Crippen LogP contribution in [0.4, 0.5) is 14.7 Å². The third kappa shape index (κ3) is 2.34. The maximum absolute atomic E-state index is 13.9. The Bertz CT molecular complexity index is 609. The molecule has 0 amide bonds. The minimum absolute atomic E-state index is 0.217. The highest BCUT2D eigenvalue weighted by Crippen LogP contribution is 2.35. The molecule has 1 aliphatic rings. The van der Waals surface area contributed by atoms with Gasteiger partial charge < -0.3 is 10.0 Å². The molecule has 4 nitrogen and oxygen atoms in total. The van der Waals surface area contributed by atoms with E-state index >= 15 is 0 Å². The number of aromatic nitrogens is 2. The van der Waals surface area contributed by atoms with Crippen molar-refractivity contribution in [1.82, 2.24) is 9.97 Å². The van der Waals surface area contributed by atoms with E-state index in [-0.39, 0.29) is 5.56 Å². The molecule has 0 spiro atoms. The van der Waals surface area contributed by atoms with Crippen LogP contribution >= 0.6 is 0 Å². The van der Waals surface area contributed by atoms with E-state index in [1.54, 1.807) is 23.4 Å². The molecule has 1 aliphatic heterocycles. The Labute approximate surface area is 114 Å². The van der Waals surface area contributed by atoms with Crippen molar-refractivity contribution in [3.05, 3.63) is 53.9 Å². The number of β-amino-alcohol motifs (C(OH)–C–C–N with tert-alkyl or cyclic N) is 1. The number of halogens is 2. The fraction of sp³-hybridized carbons (Fsp3) is 0.286. The SMILES string of the molecule is OC1CC(c2cc(F)ccc2F)N(c2ncccn2)C1. The third-order valence-electron chi connectivity index (χ3n) is 3.41. The molecule has 1 saturated heterocycles. The molecule has 0 saturated carbocycles. The van der Waals surface area contributed by atoms with Crippen LogP contribution in [0.25, 0.3) is 0 Å². The zero-order valence-electron chi connectivity index (χ0n) is 10.6. The number of aliphatic hydroxyl groups excluding tert-OH is 1. The summed E-state index contributed by atoms with van der Waals surface area (Å²) in [5, 5.41) is 9.84. The first-order valence-electron chi connectivity index (χ1n) is 6.32. The summed E-state index contributed by atoms with van der Waals surface area (Å²) in [6.07, 6.45) is 2.85. The summed E-state index contributed by atoms with van der Waals surface area (Å²) < 4.78 is 27.3. The van der Waals surface area contributed by atoms with Crippen LogP contribution in [0, 0.1) is 11.6 Å². The molecule has 6 heteroatoms. The van der Waals surface area contributed by atoms with Crippen LogP contribution in [0.3, 0.4) is 0 Å². The minimum atomic E-state index is -0.619. The van der Waals surface area contributed by atoms with E-state index in [4.69, 9.17) is 0 Å². The summed E-state index contributed by atoms with van der Waals surface area (Å²) in [7, 11) is 0. The highest BCUT2D eigenvalue weighted by atomic mass is 19.1. The Balaban J connectivity index is 2.00. The summed E-state index contributed by atoms with van der Waals surface area (Å²) in [5.41, 5.74) is 0.217. The van der Waals surface area contributed by atoms with Crippen molar-refractivity contribution < 1.29 is 13.9 Å². The first kappa shape index (κ1) is 12.9. The topological polar surface area (TPSA) is 49.2 Å². The summed E-state index contributed by atoms with van der Waals surface area (Å²) in [6, 6.07) is 4.54. The zero-order valence-corrected chi connectivity index (χ0v) is 10.6. The average molecular weight is 277 g/mol. The van der Waals surface area contributed by atoms with Crippen LogP contribution in [0.2, 0.25) is 0 Å². The van der Waals surface area contributed by atoms with Gasteiger partial charge in [0.2, 0.25) is 5.95 Å². The van der Waals surface area contributed by atoms with Crippen LogP contribution in [0.15, 0.2) is 36.7 Å². The lowest BCUT2D eigenvalue weighted by atomic mass is 10.0. The Kier molecular flexibility index (Phi) is 3.31. The third-order valence-corrected chi connectivity index (χ3v) is 3.41. The molecule has 0 aliphatic carbocycles. The summed E-state index contributed by atoms with van der Waals surface area (Å²) in [4.78, 5) is 9.92. The second-order valence-electron chi connectivity index (χ2n) is 4.77. The number of benzene rings is 1. The van der Waals surface area contributed by atoms with Gasteiger partial charge in [-0.15, -0.1) is 0 Å². The molecule has 20 heavy (non-hydrogen) atoms. The Morgan fingerprint density at radius 3 is 2.70 bits per heavy atom. The van der Waals surface area contributed by atoms with Crippen molar-refractivity contribution in [2.24, 2.45) is 0 Å². The normalized spacial score (nSPS) is 22.2. The molecule has 2 heterocycles. The van der Waals surface area contributed by atoms with Gasteiger partial charge in [0.1, 0.15) is 11.6 Å². The molecule has 104 valence electrons. The van der Waals surface area contributed by atoms with E-state index in [0.717, 1.165) is 18.2 Å². The molecule has 1 aromatic carbocycles. The Hall–Kier alpha value is -2.08. The molecule has 3 rings (SSSR count). The Morgan fingerprint density at radius 2 is 1.95 bits per heavy atom. The molecule has 2 aromatic rings. The van der Waals surface area contributed by atoms with E-state index in [2.05, 4.69) is 9.97 Å². The smallest absolute Gasteiger partial charge is 0.225 e. The second-order valence-corrected chi connectivity index (χ2v) is 4.77. The molecule has 1 N–H and O–H groups in total. The van der Waals surface area contributed by atoms with Gasteiger partial charge in [0.15, 0.2) is 0 Å². The molecule has 2 atom stereocenters. The van der Waals surface area contributed by atoms with Gasteiger partial charge in [0.05, 0.1) is 12.1 Å². The van der Waals surface area contributed by atoms with Crippen LogP contribution in [-0.4, -0.2) is 27.7 Å². The predicted molar refractivity (Wildman–Crippen MR) is 69.1 cm³/mol. The molecular weight excluding hydrogens is 264 g/mol. The van der Waals surface area contributed by atoms with Crippen molar-refractivity contribution in [2.75, 3.05) is 11.4 Å². The van der Waals surface area contributed by atoms with E-state index in [1.807, 2.05) is 0 Å². The van der Waals surface area contributed by atoms with E-state index in [1.165, 1.54) is 0 Å². The number of anilines is 1. The quantitative estimate of drug-likeness (QED) is 0.913. The number of hydrogen-bond acceptors (Lipinski definition) is 4. The van der Waals surface area contributed by atoms with E-state index in [0.29, 0.717) is 18.9 Å². The lowest BCUT2D eigenvalue weighted by molar-refractivity contribution is 0.194. The molecule has 2 unspecified atom stereocenters. The van der Waals surface area contributed by atoms with Gasteiger partial charge in [-0.05, 0) is 30.7 Å². The maximum atomic E-state index is 13.9. The highest BCUT2D eigenvalue weighted by Gasteiger charge is 2.35. The minimum Gasteiger partial charge on any atom is -0.391 e. The predicted octanol–water partition coefficient (Wildman–Crippen LogP) is 2.07. The van der Waals surface area contributed by atoms with E-state index < -0.39 is 23.8 Å². The second kappa shape index (κ2) is 5.13. The summed E-state index contributed by atoms with van der Waals surface area (Å²) >= 11 is 0. The summed E-state index contributed by atoms with van der Waals surface area (Å²) in [6.45, 7) is 0.296. The van der Waals surface area contributed by atoms with Crippen molar-refractivity contribution in [3.63, 3.8) is 0 Å². The average Bonchev–Trinajstić information content (AvgIpc) is 2.84. The number of aliphatic hydroxyl groups is 1. The van der Waals surface area contributed by atoms with Crippen molar-refractivity contribution in [3.8, 4) is 0 Å². The molecule has 0 radical (unpaired) electrons. The first-order chi connectivity index (χ1) is 9.65. The Morgan fingerprint density at radius 1 is 1.20 bits per heavy atom. The first-order valence-corrected chi connectivity index (χ1v) is 6.32. The fourth-order valence-electron chi connectivity index (χ4n) is 2.54. The number of hydrogen-bond donors (Lipinski definition) is 1. The highest BCUT2D eigenvalue weighted by molar-refractivity contribution is 5.39. The molecule has 1 fully saturated rings. The van der Waals surface area contributed by atoms with Crippen molar-refractivity contribution >= 4 is 5.95 Å². The standard InChI is InChI=1S/C14H13F2N3O/c15-9-2-3-12(16)11(6-9)13-7-10(20)8-19(13)14-17-4-1-5-18-14/h1-6,10,13,20H,7-8H2.